The Morgan fingerprint density at radius 1 is 0.897 bits per heavy atom. The zero-order chi connectivity index (χ0) is 20.0. The second-order valence-corrected chi connectivity index (χ2v) is 8.12. The Balaban J connectivity index is 1.52. The van der Waals surface area contributed by atoms with Crippen LogP contribution in [-0.2, 0) is 10.3 Å². The van der Waals surface area contributed by atoms with Gasteiger partial charge in [0.05, 0.1) is 11.6 Å². The van der Waals surface area contributed by atoms with Crippen LogP contribution in [0, 0.1) is 0 Å². The number of rotatable bonds is 3. The van der Waals surface area contributed by atoms with E-state index in [4.69, 9.17) is 0 Å². The first kappa shape index (κ1) is 18.0. The third kappa shape index (κ3) is 2.83. The number of fused-ring (bicyclic) bond motifs is 1. The van der Waals surface area contributed by atoms with Gasteiger partial charge in [-0.25, -0.2) is 5.01 Å². The first-order valence-electron chi connectivity index (χ1n) is 10.1. The second-order valence-electron chi connectivity index (χ2n) is 8.12. The molecule has 0 saturated carbocycles. The van der Waals surface area contributed by atoms with Crippen molar-refractivity contribution in [3.05, 3.63) is 90.0 Å². The number of carbonyl (C=O) groups excluding carboxylic acids is 1. The summed E-state index contributed by atoms with van der Waals surface area (Å²) in [6.45, 7) is 2.78. The normalized spacial score (nSPS) is 24.1. The molecule has 0 radical (unpaired) electrons. The summed E-state index contributed by atoms with van der Waals surface area (Å²) in [6.07, 6.45) is 1.27. The molecule has 4 nitrogen and oxygen atoms in total. The van der Waals surface area contributed by atoms with Crippen molar-refractivity contribution in [1.29, 1.82) is 0 Å². The number of hydrogen-bond acceptors (Lipinski definition) is 3. The zero-order valence-electron chi connectivity index (χ0n) is 16.5. The zero-order valence-corrected chi connectivity index (χ0v) is 16.5. The van der Waals surface area contributed by atoms with Crippen LogP contribution in [0.5, 0.6) is 5.75 Å². The molecule has 1 amide bonds. The number of carbonyl (C=O) groups is 1. The van der Waals surface area contributed by atoms with Gasteiger partial charge in [0, 0.05) is 18.5 Å². The van der Waals surface area contributed by atoms with Gasteiger partial charge >= 0.3 is 0 Å². The van der Waals surface area contributed by atoms with E-state index < -0.39 is 5.54 Å². The summed E-state index contributed by atoms with van der Waals surface area (Å²) >= 11 is 0. The Hall–Kier alpha value is -3.11. The van der Waals surface area contributed by atoms with Crippen LogP contribution in [0.1, 0.15) is 36.9 Å². The summed E-state index contributed by atoms with van der Waals surface area (Å²) in [5, 5.41) is 14.6. The van der Waals surface area contributed by atoms with Crippen molar-refractivity contribution < 1.29 is 9.90 Å². The van der Waals surface area contributed by atoms with Crippen molar-refractivity contribution >= 4 is 5.91 Å². The van der Waals surface area contributed by atoms with E-state index in [0.717, 1.165) is 12.0 Å². The van der Waals surface area contributed by atoms with E-state index in [0.29, 0.717) is 13.0 Å². The molecule has 0 aromatic heterocycles. The third-order valence-electron chi connectivity index (χ3n) is 6.35. The van der Waals surface area contributed by atoms with Crippen LogP contribution in [-0.4, -0.2) is 27.6 Å². The van der Waals surface area contributed by atoms with Gasteiger partial charge in [-0.3, -0.25) is 9.80 Å². The lowest BCUT2D eigenvalue weighted by molar-refractivity contribution is -0.144. The van der Waals surface area contributed by atoms with Crippen LogP contribution in [0.25, 0.3) is 11.1 Å². The number of nitrogens with zero attached hydrogens (tertiary/aromatic N) is 2. The van der Waals surface area contributed by atoms with E-state index in [-0.39, 0.29) is 17.7 Å². The molecule has 0 spiro atoms. The van der Waals surface area contributed by atoms with Crippen molar-refractivity contribution in [2.24, 2.45) is 0 Å². The highest BCUT2D eigenvalue weighted by Gasteiger charge is 2.54. The molecule has 0 unspecified atom stereocenters. The van der Waals surface area contributed by atoms with E-state index in [1.54, 1.807) is 6.07 Å². The Labute approximate surface area is 171 Å². The van der Waals surface area contributed by atoms with E-state index in [9.17, 15) is 9.90 Å². The number of phenolic OH excluding ortho intramolecular Hbond substituents is 1. The van der Waals surface area contributed by atoms with Crippen LogP contribution >= 0.6 is 0 Å². The van der Waals surface area contributed by atoms with Crippen LogP contribution < -0.4 is 0 Å². The van der Waals surface area contributed by atoms with Gasteiger partial charge < -0.3 is 5.11 Å². The molecule has 2 saturated heterocycles. The SMILES string of the molecule is C[C@@]1(c2ccccc2O)C[C@H](c2ccc(-c3ccccc3)cc2)N2CCC(=O)N21. The molecule has 3 aromatic rings. The molecule has 5 rings (SSSR count). The molecule has 2 atom stereocenters. The minimum atomic E-state index is -0.554. The summed E-state index contributed by atoms with van der Waals surface area (Å²) in [7, 11) is 0. The summed E-state index contributed by atoms with van der Waals surface area (Å²) < 4.78 is 0. The number of amides is 1. The molecule has 4 heteroatoms. The molecular formula is C25H24N2O2. The van der Waals surface area contributed by atoms with Gasteiger partial charge in [0.25, 0.3) is 0 Å². The fraction of sp³-hybridized carbons (Fsp3) is 0.240. The highest BCUT2D eigenvalue weighted by Crippen LogP contribution is 2.52. The van der Waals surface area contributed by atoms with Crippen LogP contribution in [0.2, 0.25) is 0 Å². The molecule has 29 heavy (non-hydrogen) atoms. The van der Waals surface area contributed by atoms with Gasteiger partial charge in [0.15, 0.2) is 0 Å². The van der Waals surface area contributed by atoms with Gasteiger partial charge in [-0.2, -0.15) is 0 Å². The number of phenols is 1. The van der Waals surface area contributed by atoms with Crippen molar-refractivity contribution in [3.8, 4) is 16.9 Å². The van der Waals surface area contributed by atoms with Gasteiger partial charge in [0.2, 0.25) is 5.91 Å². The summed E-state index contributed by atoms with van der Waals surface area (Å²) in [5.41, 5.74) is 3.83. The number of hydrazine groups is 1. The Kier molecular flexibility index (Phi) is 4.18. The fourth-order valence-electron chi connectivity index (χ4n) is 4.95. The van der Waals surface area contributed by atoms with E-state index in [2.05, 4.69) is 48.3 Å². The van der Waals surface area contributed by atoms with Crippen LogP contribution in [0.4, 0.5) is 0 Å². The molecule has 146 valence electrons. The minimum Gasteiger partial charge on any atom is -0.508 e. The molecule has 3 aromatic carbocycles. The Morgan fingerprint density at radius 2 is 1.55 bits per heavy atom. The maximum Gasteiger partial charge on any atom is 0.239 e. The second kappa shape index (κ2) is 6.75. The Morgan fingerprint density at radius 3 is 2.28 bits per heavy atom. The average Bonchev–Trinajstić information content (AvgIpc) is 3.29. The maximum atomic E-state index is 12.8. The lowest BCUT2D eigenvalue weighted by Gasteiger charge is -2.35. The quantitative estimate of drug-likeness (QED) is 0.701. The predicted molar refractivity (Wildman–Crippen MR) is 113 cm³/mol. The maximum absolute atomic E-state index is 12.8. The first-order valence-corrected chi connectivity index (χ1v) is 10.1. The molecular weight excluding hydrogens is 360 g/mol. The molecule has 0 bridgehead atoms. The number of benzene rings is 3. The van der Waals surface area contributed by atoms with Crippen molar-refractivity contribution in [2.75, 3.05) is 6.54 Å². The van der Waals surface area contributed by atoms with E-state index in [1.807, 2.05) is 41.4 Å². The molecule has 0 aliphatic carbocycles. The molecule has 2 aliphatic rings. The highest BCUT2D eigenvalue weighted by atomic mass is 16.3. The number of hydrogen-bond donors (Lipinski definition) is 1. The van der Waals surface area contributed by atoms with Crippen molar-refractivity contribution in [3.63, 3.8) is 0 Å². The van der Waals surface area contributed by atoms with Crippen LogP contribution in [0.3, 0.4) is 0 Å². The molecule has 2 heterocycles. The molecule has 1 N–H and O–H groups in total. The van der Waals surface area contributed by atoms with Crippen molar-refractivity contribution in [1.82, 2.24) is 10.0 Å². The van der Waals surface area contributed by atoms with Gasteiger partial charge in [-0.05, 0) is 36.1 Å². The lowest BCUT2D eigenvalue weighted by Crippen LogP contribution is -2.44. The van der Waals surface area contributed by atoms with Crippen LogP contribution in [0.15, 0.2) is 78.9 Å². The highest BCUT2D eigenvalue weighted by molar-refractivity contribution is 5.79. The molecule has 2 aliphatic heterocycles. The largest absolute Gasteiger partial charge is 0.508 e. The van der Waals surface area contributed by atoms with Gasteiger partial charge in [-0.1, -0.05) is 72.8 Å². The van der Waals surface area contributed by atoms with E-state index in [1.165, 1.54) is 16.7 Å². The first-order chi connectivity index (χ1) is 14.1. The topological polar surface area (TPSA) is 43.8 Å². The standard InChI is InChI=1S/C25H24N2O2/c1-25(21-9-5-6-10-23(21)28)17-22(26-16-15-24(29)27(25)26)20-13-11-19(12-14-20)18-7-3-2-4-8-18/h2-14,22,28H,15-17H2,1H3/t22-,25+/m1/s1. The molecule has 2 fully saturated rings. The predicted octanol–water partition coefficient (Wildman–Crippen LogP) is 4.87. The number of para-hydroxylation sites is 1. The lowest BCUT2D eigenvalue weighted by atomic mass is 9.84. The van der Waals surface area contributed by atoms with Gasteiger partial charge in [0.1, 0.15) is 5.75 Å². The summed E-state index contributed by atoms with van der Waals surface area (Å²) in [4.78, 5) is 12.8. The Bertz CT molecular complexity index is 1050. The summed E-state index contributed by atoms with van der Waals surface area (Å²) in [6, 6.07) is 26.5. The van der Waals surface area contributed by atoms with Crippen molar-refractivity contribution in [2.45, 2.75) is 31.3 Å². The van der Waals surface area contributed by atoms with Gasteiger partial charge in [-0.15, -0.1) is 0 Å². The fourth-order valence-corrected chi connectivity index (χ4v) is 4.95. The van der Waals surface area contributed by atoms with E-state index >= 15 is 0 Å². The summed E-state index contributed by atoms with van der Waals surface area (Å²) in [5.74, 6) is 0.369. The monoisotopic (exact) mass is 384 g/mol. The minimum absolute atomic E-state index is 0.107. The number of aromatic hydroxyl groups is 1. The third-order valence-corrected chi connectivity index (χ3v) is 6.35. The average molecular weight is 384 g/mol. The smallest absolute Gasteiger partial charge is 0.239 e.